The van der Waals surface area contributed by atoms with Crippen LogP contribution in [0.25, 0.3) is 0 Å². The number of hydrogen-bond donors (Lipinski definition) is 1. The molecule has 0 radical (unpaired) electrons. The lowest BCUT2D eigenvalue weighted by atomic mass is 10.6. The lowest BCUT2D eigenvalue weighted by Crippen LogP contribution is -2.78. The van der Waals surface area contributed by atoms with Crippen molar-refractivity contribution >= 4 is 49.9 Å². The minimum absolute atomic E-state index is 0.473. The van der Waals surface area contributed by atoms with Crippen molar-refractivity contribution in [3.8, 4) is 0 Å². The minimum Gasteiger partial charge on any atom is -0.373 e. The molecule has 0 aliphatic heterocycles. The molecule has 0 bridgehead atoms. The highest BCUT2D eigenvalue weighted by Crippen LogP contribution is 2.53. The van der Waals surface area contributed by atoms with E-state index in [4.69, 9.17) is 26.6 Å². The molecule has 26 heavy (non-hydrogen) atoms. The first-order valence-electron chi connectivity index (χ1n) is 9.31. The summed E-state index contributed by atoms with van der Waals surface area (Å²) in [7, 11) is -3.65. The first-order chi connectivity index (χ1) is 12.5. The zero-order valence-corrected chi connectivity index (χ0v) is 21.7. The molecule has 0 heterocycles. The fourth-order valence-corrected chi connectivity index (χ4v) is 18.6. The molecule has 0 unspecified atom stereocenters. The highest BCUT2D eigenvalue weighted by atomic mass is 33.5. The molecule has 0 spiro atoms. The van der Waals surface area contributed by atoms with Crippen LogP contribution in [0.2, 0.25) is 0 Å². The van der Waals surface area contributed by atoms with Gasteiger partial charge in [-0.05, 0) is 57.8 Å². The van der Waals surface area contributed by atoms with E-state index in [1.165, 1.54) is 20.6 Å². The number of thiol groups is 1. The van der Waals surface area contributed by atoms with Gasteiger partial charge in [0.15, 0.2) is 3.99 Å². The lowest BCUT2D eigenvalue weighted by Gasteiger charge is -2.49. The van der Waals surface area contributed by atoms with E-state index < -0.39 is 21.6 Å². The van der Waals surface area contributed by atoms with Gasteiger partial charge in [-0.2, -0.15) is 0 Å². The van der Waals surface area contributed by atoms with Crippen molar-refractivity contribution in [3.05, 3.63) is 0 Å². The highest BCUT2D eigenvalue weighted by molar-refractivity contribution is 9.06. The molecule has 0 rings (SSSR count). The summed E-state index contributed by atoms with van der Waals surface area (Å²) < 4.78 is 37.0. The van der Waals surface area contributed by atoms with E-state index in [0.29, 0.717) is 46.1 Å². The van der Waals surface area contributed by atoms with Gasteiger partial charge in [-0.1, -0.05) is 29.4 Å². The van der Waals surface area contributed by atoms with Gasteiger partial charge in [0.05, 0.1) is 0 Å². The van der Waals surface area contributed by atoms with Gasteiger partial charge in [0.25, 0.3) is 0 Å². The van der Waals surface area contributed by atoms with E-state index in [0.717, 1.165) is 0 Å². The monoisotopic (exact) mass is 464 g/mol. The van der Waals surface area contributed by atoms with Gasteiger partial charge in [-0.25, -0.2) is 0 Å². The summed E-state index contributed by atoms with van der Waals surface area (Å²) in [6.07, 6.45) is 0.656. The number of hydrogen-bond acceptors (Lipinski definition) is 9. The summed E-state index contributed by atoms with van der Waals surface area (Å²) in [6, 6.07) is 0. The second-order valence-electron chi connectivity index (χ2n) is 5.05. The Morgan fingerprint density at radius 1 is 0.615 bits per heavy atom. The fourth-order valence-electron chi connectivity index (χ4n) is 2.93. The average Bonchev–Trinajstić information content (AvgIpc) is 2.60. The van der Waals surface area contributed by atoms with Crippen LogP contribution in [-0.2, 0) is 26.6 Å². The van der Waals surface area contributed by atoms with Crippen molar-refractivity contribution < 1.29 is 26.6 Å². The van der Waals surface area contributed by atoms with Crippen LogP contribution in [0.4, 0.5) is 0 Å². The summed E-state index contributed by atoms with van der Waals surface area (Å²) in [5.74, 6) is 0. The molecular weight excluding hydrogens is 429 g/mol. The van der Waals surface area contributed by atoms with Crippen molar-refractivity contribution in [1.82, 2.24) is 0 Å². The van der Waals surface area contributed by atoms with Crippen LogP contribution in [0.15, 0.2) is 0 Å². The first kappa shape index (κ1) is 27.2. The van der Waals surface area contributed by atoms with E-state index >= 15 is 0 Å². The Morgan fingerprint density at radius 3 is 1.04 bits per heavy atom. The summed E-state index contributed by atoms with van der Waals surface area (Å²) >= 11 is 4.43. The Labute approximate surface area is 174 Å². The summed E-state index contributed by atoms with van der Waals surface area (Å²) in [4.78, 5) is 0. The van der Waals surface area contributed by atoms with Crippen LogP contribution >= 0.6 is 32.3 Å². The second-order valence-corrected chi connectivity index (χ2v) is 15.2. The normalized spacial score (nSPS) is 13.4. The Kier molecular flexibility index (Phi) is 14.9. The van der Waals surface area contributed by atoms with Crippen molar-refractivity contribution in [2.24, 2.45) is 0 Å². The quantitative estimate of drug-likeness (QED) is 0.191. The van der Waals surface area contributed by atoms with E-state index in [-0.39, 0.29) is 0 Å². The van der Waals surface area contributed by atoms with Crippen LogP contribution in [0.3, 0.4) is 0 Å². The molecule has 0 aromatic carbocycles. The van der Waals surface area contributed by atoms with E-state index in [1.54, 1.807) is 0 Å². The smallest absolute Gasteiger partial charge is 0.373 e. The van der Waals surface area contributed by atoms with Gasteiger partial charge >= 0.3 is 17.6 Å². The van der Waals surface area contributed by atoms with Gasteiger partial charge in [-0.3, -0.25) is 0 Å². The zero-order valence-electron chi connectivity index (χ0n) is 17.2. The van der Waals surface area contributed by atoms with Crippen LogP contribution in [0, 0.1) is 0 Å². The minimum atomic E-state index is -3.26. The molecule has 0 atom stereocenters. The van der Waals surface area contributed by atoms with Crippen molar-refractivity contribution in [1.29, 1.82) is 0 Å². The van der Waals surface area contributed by atoms with Gasteiger partial charge in [0.1, 0.15) is 0 Å². The van der Waals surface area contributed by atoms with E-state index in [1.807, 2.05) is 41.5 Å². The van der Waals surface area contributed by atoms with Crippen LogP contribution in [0.5, 0.6) is 0 Å². The molecule has 0 aliphatic carbocycles. The van der Waals surface area contributed by atoms with Crippen LogP contribution in [-0.4, -0.2) is 61.2 Å². The third-order valence-corrected chi connectivity index (χ3v) is 17.6. The zero-order chi connectivity index (χ0) is 20.1. The predicted octanol–water partition coefficient (Wildman–Crippen LogP) is 4.54. The molecule has 158 valence electrons. The number of rotatable bonds is 17. The maximum atomic E-state index is 6.29. The van der Waals surface area contributed by atoms with E-state index in [2.05, 4.69) is 18.6 Å². The van der Waals surface area contributed by atoms with Crippen LogP contribution < -0.4 is 0 Å². The Bertz CT molecular complexity index is 308. The van der Waals surface area contributed by atoms with Crippen LogP contribution in [0.1, 0.15) is 54.9 Å². The summed E-state index contributed by atoms with van der Waals surface area (Å²) in [5.41, 5.74) is 0. The molecule has 6 nitrogen and oxygen atoms in total. The Balaban J connectivity index is 6.68. The SMILES string of the molecule is CCO[Si](OCC)(OCC)C(CC)(SSS)[Si](OCC)(OCC)OCC. The van der Waals surface area contributed by atoms with Crippen molar-refractivity contribution in [3.63, 3.8) is 0 Å². The molecular formula is C15H36O6S3Si2. The van der Waals surface area contributed by atoms with E-state index in [9.17, 15) is 0 Å². The Morgan fingerprint density at radius 2 is 0.885 bits per heavy atom. The molecule has 0 saturated heterocycles. The molecule has 0 N–H and O–H groups in total. The highest BCUT2D eigenvalue weighted by Gasteiger charge is 2.77. The molecule has 0 amide bonds. The first-order valence-corrected chi connectivity index (χ1v) is 16.0. The topological polar surface area (TPSA) is 55.4 Å². The third kappa shape index (κ3) is 5.88. The molecule has 0 aliphatic rings. The standard InChI is InChI=1S/C15H36O6S3Si2/c1-8-15(23-24-22,25(16-9-2,17-10-3)18-11-4)26(19-12-5,20-13-6)21-14-7/h22H,8-14H2,1-7H3. The molecule has 0 aromatic rings. The van der Waals surface area contributed by atoms with Crippen molar-refractivity contribution in [2.45, 2.75) is 58.9 Å². The third-order valence-electron chi connectivity index (χ3n) is 3.67. The molecule has 0 saturated carbocycles. The average molecular weight is 465 g/mol. The molecule has 0 fully saturated rings. The molecule has 0 aromatic heterocycles. The summed E-state index contributed by atoms with van der Waals surface area (Å²) in [6.45, 7) is 16.6. The predicted molar refractivity (Wildman–Crippen MR) is 118 cm³/mol. The lowest BCUT2D eigenvalue weighted by molar-refractivity contribution is 0.0281. The van der Waals surface area contributed by atoms with Gasteiger partial charge < -0.3 is 26.6 Å². The fraction of sp³-hybridized carbons (Fsp3) is 1.00. The van der Waals surface area contributed by atoms with Gasteiger partial charge in [-0.15, -0.1) is 0 Å². The van der Waals surface area contributed by atoms with Gasteiger partial charge in [0.2, 0.25) is 0 Å². The molecule has 11 heteroatoms. The summed E-state index contributed by atoms with van der Waals surface area (Å²) in [5, 5.41) is 0. The second kappa shape index (κ2) is 14.3. The maximum absolute atomic E-state index is 6.29. The Hall–Kier alpha value is 1.24. The van der Waals surface area contributed by atoms with Gasteiger partial charge in [0, 0.05) is 39.6 Å². The van der Waals surface area contributed by atoms with Crippen molar-refractivity contribution in [2.75, 3.05) is 39.6 Å². The largest absolute Gasteiger partial charge is 0.523 e. The maximum Gasteiger partial charge on any atom is 0.523 e.